The maximum absolute atomic E-state index is 11.3. The Morgan fingerprint density at radius 2 is 2.21 bits per heavy atom. The van der Waals surface area contributed by atoms with Crippen LogP contribution >= 0.6 is 0 Å². The first-order valence-corrected chi connectivity index (χ1v) is 6.12. The van der Waals surface area contributed by atoms with Crippen molar-refractivity contribution in [3.05, 3.63) is 36.5 Å². The number of para-hydroxylation sites is 1. The molecule has 0 atom stereocenters. The Morgan fingerprint density at radius 3 is 2.95 bits per heavy atom. The summed E-state index contributed by atoms with van der Waals surface area (Å²) >= 11 is 0. The third kappa shape index (κ3) is 3.80. The van der Waals surface area contributed by atoms with E-state index in [1.807, 2.05) is 37.3 Å². The first kappa shape index (κ1) is 13.1. The number of ether oxygens (including phenoxy) is 1. The summed E-state index contributed by atoms with van der Waals surface area (Å²) in [5.74, 6) is 0.116. The molecule has 1 aromatic carbocycles. The topological polar surface area (TPSA) is 74.6 Å². The molecule has 1 aromatic heterocycles. The van der Waals surface area contributed by atoms with Crippen LogP contribution in [-0.2, 0) is 4.74 Å². The zero-order valence-corrected chi connectivity index (χ0v) is 10.7. The zero-order chi connectivity index (χ0) is 13.5. The highest BCUT2D eigenvalue weighted by atomic mass is 16.6. The standard InChI is InChI=1S/C13H15N3O3/c1-2-3-9-18-13(17)14-12-10-16(15-19-12)11-7-5-4-6-8-11/h4-8,10H,2-3,9H2,1H3. The van der Waals surface area contributed by atoms with Crippen LogP contribution in [0.1, 0.15) is 19.8 Å². The zero-order valence-electron chi connectivity index (χ0n) is 10.7. The largest absolute Gasteiger partial charge is 0.600 e. The lowest BCUT2D eigenvalue weighted by molar-refractivity contribution is -0.670. The Kier molecular flexibility index (Phi) is 4.49. The van der Waals surface area contributed by atoms with Crippen molar-refractivity contribution < 1.29 is 19.0 Å². The lowest BCUT2D eigenvalue weighted by Gasteiger charge is -2.11. The van der Waals surface area contributed by atoms with Gasteiger partial charge in [-0.05, 0) is 17.7 Å². The van der Waals surface area contributed by atoms with Crippen molar-refractivity contribution in [2.24, 2.45) is 4.99 Å². The molecule has 6 nitrogen and oxygen atoms in total. The van der Waals surface area contributed by atoms with Crippen LogP contribution in [0, 0.1) is 0 Å². The quantitative estimate of drug-likeness (QED) is 0.350. The minimum absolute atomic E-state index is 0.116. The summed E-state index contributed by atoms with van der Waals surface area (Å²) in [6.45, 7) is 2.38. The molecule has 6 heteroatoms. The number of hydrogen-bond donors (Lipinski definition) is 0. The van der Waals surface area contributed by atoms with Gasteiger partial charge < -0.3 is 9.84 Å². The van der Waals surface area contributed by atoms with Crippen molar-refractivity contribution in [1.29, 1.82) is 0 Å². The van der Waals surface area contributed by atoms with Crippen LogP contribution in [0.15, 0.2) is 46.0 Å². The first-order valence-electron chi connectivity index (χ1n) is 6.12. The summed E-state index contributed by atoms with van der Waals surface area (Å²) in [5, 5.41) is 15.1. The molecular formula is C13H15N3O3. The molecule has 0 amide bonds. The molecule has 2 rings (SSSR count). The van der Waals surface area contributed by atoms with Crippen LogP contribution in [0.3, 0.4) is 0 Å². The van der Waals surface area contributed by atoms with Crippen LogP contribution in [0.2, 0.25) is 0 Å². The summed E-state index contributed by atoms with van der Waals surface area (Å²) in [5.41, 5.74) is 0.826. The maximum Gasteiger partial charge on any atom is 0.323 e. The van der Waals surface area contributed by atoms with E-state index in [4.69, 9.17) is 9.26 Å². The molecule has 0 N–H and O–H groups in total. The van der Waals surface area contributed by atoms with Gasteiger partial charge in [-0.3, -0.25) is 4.52 Å². The monoisotopic (exact) mass is 261 g/mol. The molecule has 2 aromatic rings. The minimum atomic E-state index is -0.662. The molecule has 0 aliphatic rings. The van der Waals surface area contributed by atoms with E-state index in [9.17, 15) is 5.11 Å². The molecule has 1 heterocycles. The SMILES string of the molecule is CCCCO/C([O-])=N/c1c[n+](-c2ccccc2)no1. The molecular weight excluding hydrogens is 246 g/mol. The predicted molar refractivity (Wildman–Crippen MR) is 66.0 cm³/mol. The molecule has 0 spiro atoms. The van der Waals surface area contributed by atoms with E-state index in [1.165, 1.54) is 10.9 Å². The van der Waals surface area contributed by atoms with Crippen molar-refractivity contribution in [2.75, 3.05) is 6.61 Å². The Bertz CT molecular complexity index is 537. The molecule has 100 valence electrons. The Morgan fingerprint density at radius 1 is 1.42 bits per heavy atom. The second-order valence-corrected chi connectivity index (χ2v) is 3.90. The van der Waals surface area contributed by atoms with Gasteiger partial charge in [0.25, 0.3) is 6.20 Å². The molecule has 0 aliphatic carbocycles. The third-order valence-electron chi connectivity index (χ3n) is 2.40. The Balaban J connectivity index is 2.03. The van der Waals surface area contributed by atoms with Crippen LogP contribution in [0.25, 0.3) is 5.69 Å². The van der Waals surface area contributed by atoms with Crippen LogP contribution < -0.4 is 9.79 Å². The number of benzene rings is 1. The van der Waals surface area contributed by atoms with E-state index < -0.39 is 6.08 Å². The second-order valence-electron chi connectivity index (χ2n) is 3.90. The smallest absolute Gasteiger partial charge is 0.323 e. The average molecular weight is 261 g/mol. The fraction of sp³-hybridized carbons (Fsp3) is 0.308. The van der Waals surface area contributed by atoms with Gasteiger partial charge in [0.1, 0.15) is 0 Å². The highest BCUT2D eigenvalue weighted by Gasteiger charge is 2.13. The van der Waals surface area contributed by atoms with E-state index in [1.54, 1.807) is 0 Å². The first-order chi connectivity index (χ1) is 9.29. The lowest BCUT2D eigenvalue weighted by atomic mass is 10.3. The summed E-state index contributed by atoms with van der Waals surface area (Å²) < 4.78 is 11.3. The molecule has 0 saturated carbocycles. The molecule has 0 bridgehead atoms. The molecule has 0 radical (unpaired) electrons. The van der Waals surface area contributed by atoms with Gasteiger partial charge >= 0.3 is 5.88 Å². The van der Waals surface area contributed by atoms with Crippen LogP contribution in [0.5, 0.6) is 0 Å². The van der Waals surface area contributed by atoms with E-state index in [0.717, 1.165) is 18.5 Å². The Labute approximate surface area is 110 Å². The second kappa shape index (κ2) is 6.53. The van der Waals surface area contributed by atoms with Crippen molar-refractivity contribution in [1.82, 2.24) is 5.27 Å². The van der Waals surface area contributed by atoms with Crippen LogP contribution in [-0.4, -0.2) is 18.0 Å². The van der Waals surface area contributed by atoms with Gasteiger partial charge in [0, 0.05) is 12.1 Å². The average Bonchev–Trinajstić information content (AvgIpc) is 2.88. The van der Waals surface area contributed by atoms with Gasteiger partial charge in [0.2, 0.25) is 11.0 Å². The van der Waals surface area contributed by atoms with Crippen molar-refractivity contribution in [2.45, 2.75) is 19.8 Å². The Hall–Kier alpha value is -2.37. The highest BCUT2D eigenvalue weighted by molar-refractivity contribution is 5.64. The fourth-order valence-electron chi connectivity index (χ4n) is 1.42. The highest BCUT2D eigenvalue weighted by Crippen LogP contribution is 2.08. The summed E-state index contributed by atoms with van der Waals surface area (Å²) in [4.78, 5) is 3.67. The molecule has 19 heavy (non-hydrogen) atoms. The van der Waals surface area contributed by atoms with Crippen molar-refractivity contribution >= 4 is 12.0 Å². The third-order valence-corrected chi connectivity index (χ3v) is 2.40. The van der Waals surface area contributed by atoms with Crippen LogP contribution in [0.4, 0.5) is 5.88 Å². The van der Waals surface area contributed by atoms with E-state index in [0.29, 0.717) is 6.61 Å². The van der Waals surface area contributed by atoms with Gasteiger partial charge in [0.05, 0.1) is 0 Å². The summed E-state index contributed by atoms with van der Waals surface area (Å²) in [7, 11) is 0. The molecule has 0 unspecified atom stereocenters. The van der Waals surface area contributed by atoms with E-state index in [-0.39, 0.29) is 5.88 Å². The number of hydrogen-bond acceptors (Lipinski definition) is 5. The number of nitrogens with zero attached hydrogens (tertiary/aromatic N) is 3. The predicted octanol–water partition coefficient (Wildman–Crippen LogP) is 1.12. The number of rotatable bonds is 5. The van der Waals surface area contributed by atoms with Gasteiger partial charge in [-0.2, -0.15) is 4.99 Å². The normalized spacial score (nSPS) is 11.5. The van der Waals surface area contributed by atoms with Crippen molar-refractivity contribution in [3.63, 3.8) is 0 Å². The lowest BCUT2D eigenvalue weighted by Crippen LogP contribution is -2.30. The summed E-state index contributed by atoms with van der Waals surface area (Å²) in [6.07, 6.45) is 2.65. The summed E-state index contributed by atoms with van der Waals surface area (Å²) in [6, 6.07) is 9.40. The number of unbranched alkanes of at least 4 members (excludes halogenated alkanes) is 1. The van der Waals surface area contributed by atoms with E-state index >= 15 is 0 Å². The molecule has 0 fully saturated rings. The minimum Gasteiger partial charge on any atom is -0.600 e. The van der Waals surface area contributed by atoms with E-state index in [2.05, 4.69) is 10.3 Å². The van der Waals surface area contributed by atoms with Gasteiger partial charge in [-0.1, -0.05) is 31.5 Å². The number of aromatic nitrogens is 2. The van der Waals surface area contributed by atoms with Gasteiger partial charge in [-0.15, -0.1) is 0 Å². The molecule has 0 saturated heterocycles. The molecule has 0 aliphatic heterocycles. The van der Waals surface area contributed by atoms with Gasteiger partial charge in [-0.25, -0.2) is 0 Å². The van der Waals surface area contributed by atoms with Crippen molar-refractivity contribution in [3.8, 4) is 5.69 Å². The number of aliphatic imine (C=N–C) groups is 1. The van der Waals surface area contributed by atoms with Gasteiger partial charge in [0.15, 0.2) is 6.08 Å². The fourth-order valence-corrected chi connectivity index (χ4v) is 1.42. The maximum atomic E-state index is 11.3.